The van der Waals surface area contributed by atoms with Gasteiger partial charge in [-0.2, -0.15) is 0 Å². The Balaban J connectivity index is 3.04. The Kier molecular flexibility index (Phi) is 5.80. The Hall–Kier alpha value is -1.34. The number of hydrogen-bond donors (Lipinski definition) is 0. The SMILES string of the molecule is COC(=O)[C@H]1OC=C[C@@H](O[Si](C)(C)C(C)(C)C)[C@@H]1OC(C)=O. The summed E-state index contributed by atoms with van der Waals surface area (Å²) in [5, 5.41) is -0.0132. The van der Waals surface area contributed by atoms with E-state index in [1.54, 1.807) is 6.08 Å². The molecule has 0 spiro atoms. The Morgan fingerprint density at radius 2 is 1.82 bits per heavy atom. The van der Waals surface area contributed by atoms with Gasteiger partial charge in [-0.1, -0.05) is 20.8 Å². The molecular weight excluding hydrogens is 304 g/mol. The predicted molar refractivity (Wildman–Crippen MR) is 83.7 cm³/mol. The number of esters is 2. The molecule has 0 radical (unpaired) electrons. The van der Waals surface area contributed by atoms with Crippen molar-refractivity contribution in [2.24, 2.45) is 0 Å². The fourth-order valence-corrected chi connectivity index (χ4v) is 3.06. The predicted octanol–water partition coefficient (Wildman–Crippen LogP) is 2.39. The molecule has 1 heterocycles. The lowest BCUT2D eigenvalue weighted by atomic mass is 10.1. The van der Waals surface area contributed by atoms with E-state index in [0.717, 1.165) is 0 Å². The molecule has 0 saturated heterocycles. The molecule has 1 aliphatic rings. The van der Waals surface area contributed by atoms with Gasteiger partial charge in [0.2, 0.25) is 6.10 Å². The molecule has 22 heavy (non-hydrogen) atoms. The van der Waals surface area contributed by atoms with E-state index in [1.807, 2.05) is 0 Å². The first kappa shape index (κ1) is 18.7. The fourth-order valence-electron chi connectivity index (χ4n) is 1.82. The molecule has 0 N–H and O–H groups in total. The van der Waals surface area contributed by atoms with Gasteiger partial charge in [0.05, 0.1) is 13.4 Å². The van der Waals surface area contributed by atoms with Crippen molar-refractivity contribution in [3.8, 4) is 0 Å². The minimum atomic E-state index is -2.11. The standard InChI is InChI=1S/C15H26O6Si/c1-10(16)20-12-11(21-22(6,7)15(2,3)4)8-9-19-13(12)14(17)18-5/h8-9,11-13H,1-7H3/t11-,12+,13+/m1/s1. The first-order chi connectivity index (χ1) is 9.99. The third-order valence-electron chi connectivity index (χ3n) is 4.09. The van der Waals surface area contributed by atoms with Crippen LogP contribution in [-0.4, -0.2) is 45.7 Å². The van der Waals surface area contributed by atoms with E-state index >= 15 is 0 Å². The molecule has 0 fully saturated rings. The van der Waals surface area contributed by atoms with E-state index in [2.05, 4.69) is 33.9 Å². The third kappa shape index (κ3) is 4.33. The number of carbonyl (C=O) groups is 2. The van der Waals surface area contributed by atoms with E-state index in [1.165, 1.54) is 20.3 Å². The van der Waals surface area contributed by atoms with Crippen molar-refractivity contribution in [2.75, 3.05) is 7.11 Å². The van der Waals surface area contributed by atoms with E-state index in [9.17, 15) is 9.59 Å². The molecule has 0 aromatic carbocycles. The summed E-state index contributed by atoms with van der Waals surface area (Å²) in [5.41, 5.74) is 0. The molecule has 3 atom stereocenters. The molecule has 1 aliphatic heterocycles. The fraction of sp³-hybridized carbons (Fsp3) is 0.733. The third-order valence-corrected chi connectivity index (χ3v) is 8.56. The second-order valence-corrected chi connectivity index (χ2v) is 11.6. The second-order valence-electron chi connectivity index (χ2n) is 6.83. The van der Waals surface area contributed by atoms with Crippen LogP contribution in [0.4, 0.5) is 0 Å². The van der Waals surface area contributed by atoms with Gasteiger partial charge in [-0.3, -0.25) is 4.79 Å². The van der Waals surface area contributed by atoms with Crippen molar-refractivity contribution in [2.45, 2.75) is 64.1 Å². The molecule has 0 bridgehead atoms. The summed E-state index contributed by atoms with van der Waals surface area (Å²) in [6.07, 6.45) is 0.660. The van der Waals surface area contributed by atoms with Crippen molar-refractivity contribution in [1.29, 1.82) is 0 Å². The maximum absolute atomic E-state index is 11.9. The van der Waals surface area contributed by atoms with Crippen LogP contribution < -0.4 is 0 Å². The van der Waals surface area contributed by atoms with Crippen molar-refractivity contribution in [3.05, 3.63) is 12.3 Å². The van der Waals surface area contributed by atoms with E-state index < -0.39 is 38.6 Å². The molecule has 0 aliphatic carbocycles. The maximum Gasteiger partial charge on any atom is 0.351 e. The quantitative estimate of drug-likeness (QED) is 0.582. The first-order valence-corrected chi connectivity index (χ1v) is 10.2. The minimum Gasteiger partial charge on any atom is -0.482 e. The van der Waals surface area contributed by atoms with E-state index in [4.69, 9.17) is 18.6 Å². The first-order valence-electron chi connectivity index (χ1n) is 7.24. The molecule has 0 aromatic rings. The van der Waals surface area contributed by atoms with Crippen molar-refractivity contribution >= 4 is 20.3 Å². The van der Waals surface area contributed by atoms with Crippen molar-refractivity contribution in [1.82, 2.24) is 0 Å². The summed E-state index contributed by atoms with van der Waals surface area (Å²) in [6, 6.07) is 0. The summed E-state index contributed by atoms with van der Waals surface area (Å²) in [5.74, 6) is -1.10. The van der Waals surface area contributed by atoms with Gasteiger partial charge in [-0.15, -0.1) is 0 Å². The van der Waals surface area contributed by atoms with Gasteiger partial charge >= 0.3 is 11.9 Å². The molecule has 126 valence electrons. The lowest BCUT2D eigenvalue weighted by Gasteiger charge is -2.42. The van der Waals surface area contributed by atoms with Crippen LogP contribution in [0.25, 0.3) is 0 Å². The van der Waals surface area contributed by atoms with Crippen LogP contribution in [0, 0.1) is 0 Å². The van der Waals surface area contributed by atoms with Crippen molar-refractivity contribution < 1.29 is 28.2 Å². The van der Waals surface area contributed by atoms with Gasteiger partial charge < -0.3 is 18.6 Å². The highest BCUT2D eigenvalue weighted by Gasteiger charge is 2.46. The lowest BCUT2D eigenvalue weighted by molar-refractivity contribution is -0.175. The van der Waals surface area contributed by atoms with Crippen LogP contribution in [0.3, 0.4) is 0 Å². The average molecular weight is 330 g/mol. The molecule has 0 unspecified atom stereocenters. The number of carbonyl (C=O) groups excluding carboxylic acids is 2. The number of ether oxygens (including phenoxy) is 3. The average Bonchev–Trinajstić information content (AvgIpc) is 2.37. The van der Waals surface area contributed by atoms with Crippen molar-refractivity contribution in [3.63, 3.8) is 0 Å². The molecule has 7 heteroatoms. The van der Waals surface area contributed by atoms with E-state index in [0.29, 0.717) is 0 Å². The van der Waals surface area contributed by atoms with Gasteiger partial charge in [-0.25, -0.2) is 4.79 Å². The molecule has 1 rings (SSSR count). The van der Waals surface area contributed by atoms with Gasteiger partial charge in [0.25, 0.3) is 0 Å². The Morgan fingerprint density at radius 3 is 2.27 bits per heavy atom. The zero-order valence-electron chi connectivity index (χ0n) is 14.3. The Bertz CT molecular complexity index is 451. The summed E-state index contributed by atoms with van der Waals surface area (Å²) < 4.78 is 21.5. The van der Waals surface area contributed by atoms with Crippen LogP contribution in [-0.2, 0) is 28.2 Å². The van der Waals surface area contributed by atoms with Crippen LogP contribution in [0.1, 0.15) is 27.7 Å². The highest BCUT2D eigenvalue weighted by atomic mass is 28.4. The van der Waals surface area contributed by atoms with Gasteiger partial charge in [-0.05, 0) is 24.2 Å². The highest BCUT2D eigenvalue weighted by Crippen LogP contribution is 2.38. The van der Waals surface area contributed by atoms with Crippen LogP contribution in [0.15, 0.2) is 12.3 Å². The maximum atomic E-state index is 11.9. The summed E-state index contributed by atoms with van der Waals surface area (Å²) in [6.45, 7) is 11.8. The van der Waals surface area contributed by atoms with Gasteiger partial charge in [0, 0.05) is 6.92 Å². The van der Waals surface area contributed by atoms with Crippen LogP contribution in [0.5, 0.6) is 0 Å². The summed E-state index contributed by atoms with van der Waals surface area (Å²) in [7, 11) is -0.847. The van der Waals surface area contributed by atoms with E-state index in [-0.39, 0.29) is 5.04 Å². The monoisotopic (exact) mass is 330 g/mol. The molecule has 0 saturated carbocycles. The van der Waals surface area contributed by atoms with Gasteiger partial charge in [0.15, 0.2) is 14.4 Å². The lowest BCUT2D eigenvalue weighted by Crippen LogP contribution is -2.54. The second kappa shape index (κ2) is 6.83. The topological polar surface area (TPSA) is 71.1 Å². The number of hydrogen-bond acceptors (Lipinski definition) is 6. The Morgan fingerprint density at radius 1 is 1.23 bits per heavy atom. The zero-order valence-corrected chi connectivity index (χ0v) is 15.3. The minimum absolute atomic E-state index is 0.0132. The zero-order chi connectivity index (χ0) is 17.1. The molecule has 0 amide bonds. The smallest absolute Gasteiger partial charge is 0.351 e. The van der Waals surface area contributed by atoms with Gasteiger partial charge in [0.1, 0.15) is 6.10 Å². The highest BCUT2D eigenvalue weighted by molar-refractivity contribution is 6.74. The number of methoxy groups -OCH3 is 1. The Labute approximate surface area is 132 Å². The normalized spacial score (nSPS) is 25.3. The molecule has 6 nitrogen and oxygen atoms in total. The van der Waals surface area contributed by atoms with Crippen LogP contribution in [0.2, 0.25) is 18.1 Å². The van der Waals surface area contributed by atoms with Crippen LogP contribution >= 0.6 is 0 Å². The number of rotatable bonds is 4. The molecule has 0 aromatic heterocycles. The summed E-state index contributed by atoms with van der Waals surface area (Å²) >= 11 is 0. The largest absolute Gasteiger partial charge is 0.482 e. The molecular formula is C15H26O6Si. The summed E-state index contributed by atoms with van der Waals surface area (Å²) in [4.78, 5) is 23.2.